The maximum Gasteiger partial charge on any atom is 0.224 e. The molecule has 0 atom stereocenters. The molecule has 0 aromatic carbocycles. The smallest absolute Gasteiger partial charge is 0.224 e. The molecule has 82 valence electrons. The van der Waals surface area contributed by atoms with Gasteiger partial charge in [0.2, 0.25) is 5.28 Å². The molecule has 1 aromatic heterocycles. The Morgan fingerprint density at radius 2 is 2.07 bits per heavy atom. The predicted molar refractivity (Wildman–Crippen MR) is 70.3 cm³/mol. The molecule has 1 saturated carbocycles. The first-order chi connectivity index (χ1) is 7.25. The molecule has 15 heavy (non-hydrogen) atoms. The minimum atomic E-state index is 0.314. The highest BCUT2D eigenvalue weighted by Crippen LogP contribution is 2.23. The van der Waals surface area contributed by atoms with Gasteiger partial charge >= 0.3 is 0 Å². The van der Waals surface area contributed by atoms with E-state index in [1.54, 1.807) is 6.20 Å². The van der Waals surface area contributed by atoms with Gasteiger partial charge in [0.15, 0.2) is 0 Å². The molecule has 0 radical (unpaired) electrons. The molecule has 0 bridgehead atoms. The number of halogens is 2. The summed E-state index contributed by atoms with van der Waals surface area (Å²) in [6.07, 6.45) is 8.20. The van der Waals surface area contributed by atoms with Gasteiger partial charge in [0.25, 0.3) is 0 Å². The van der Waals surface area contributed by atoms with Crippen molar-refractivity contribution >= 4 is 40.0 Å². The number of hydrogen-bond donors (Lipinski definition) is 1. The Labute approximate surface area is 108 Å². The fourth-order valence-electron chi connectivity index (χ4n) is 1.89. The predicted octanol–water partition coefficient (Wildman–Crippen LogP) is 3.48. The van der Waals surface area contributed by atoms with E-state index >= 15 is 0 Å². The number of rotatable bonds is 2. The largest absolute Gasteiger partial charge is 0.366 e. The molecular weight excluding hydrogens is 324 g/mol. The zero-order chi connectivity index (χ0) is 10.7. The van der Waals surface area contributed by atoms with E-state index in [9.17, 15) is 0 Å². The molecule has 1 aliphatic rings. The average Bonchev–Trinajstić information content (AvgIpc) is 2.25. The average molecular weight is 338 g/mol. The van der Waals surface area contributed by atoms with E-state index in [0.29, 0.717) is 11.3 Å². The second-order valence-electron chi connectivity index (χ2n) is 3.81. The van der Waals surface area contributed by atoms with Crippen LogP contribution in [0.5, 0.6) is 0 Å². The van der Waals surface area contributed by atoms with Crippen molar-refractivity contribution in [1.29, 1.82) is 0 Å². The van der Waals surface area contributed by atoms with Crippen molar-refractivity contribution in [2.75, 3.05) is 5.32 Å². The molecule has 1 N–H and O–H groups in total. The lowest BCUT2D eigenvalue weighted by Gasteiger charge is -2.23. The fraction of sp³-hybridized carbons (Fsp3) is 0.600. The van der Waals surface area contributed by atoms with Gasteiger partial charge in [0.05, 0.1) is 3.57 Å². The Morgan fingerprint density at radius 3 is 2.80 bits per heavy atom. The molecule has 1 heterocycles. The van der Waals surface area contributed by atoms with Crippen molar-refractivity contribution in [3.05, 3.63) is 15.1 Å². The van der Waals surface area contributed by atoms with E-state index in [0.717, 1.165) is 9.39 Å². The molecule has 0 saturated heterocycles. The lowest BCUT2D eigenvalue weighted by atomic mass is 9.95. The molecule has 0 spiro atoms. The van der Waals surface area contributed by atoms with E-state index < -0.39 is 0 Å². The van der Waals surface area contributed by atoms with Gasteiger partial charge in [-0.25, -0.2) is 4.98 Å². The molecule has 5 heteroatoms. The van der Waals surface area contributed by atoms with Crippen LogP contribution in [0.2, 0.25) is 5.28 Å². The second kappa shape index (κ2) is 5.30. The van der Waals surface area contributed by atoms with Crippen LogP contribution >= 0.6 is 34.2 Å². The highest BCUT2D eigenvalue weighted by molar-refractivity contribution is 14.1. The normalized spacial score (nSPS) is 17.7. The van der Waals surface area contributed by atoms with Crippen LogP contribution in [-0.4, -0.2) is 16.0 Å². The summed E-state index contributed by atoms with van der Waals surface area (Å²) in [5.74, 6) is 0.877. The van der Waals surface area contributed by atoms with Gasteiger partial charge in [-0.05, 0) is 47.0 Å². The lowest BCUT2D eigenvalue weighted by molar-refractivity contribution is 0.461. The third-order valence-corrected chi connectivity index (χ3v) is 3.63. The SMILES string of the molecule is Clc1ncc(I)c(NC2CCCCC2)n1. The van der Waals surface area contributed by atoms with Crippen molar-refractivity contribution in [3.63, 3.8) is 0 Å². The molecule has 0 amide bonds. The van der Waals surface area contributed by atoms with Crippen molar-refractivity contribution < 1.29 is 0 Å². The first-order valence-corrected chi connectivity index (χ1v) is 6.66. The Bertz CT molecular complexity index is 339. The minimum Gasteiger partial charge on any atom is -0.366 e. The number of nitrogens with zero attached hydrogens (tertiary/aromatic N) is 2. The highest BCUT2D eigenvalue weighted by atomic mass is 127. The van der Waals surface area contributed by atoms with Crippen LogP contribution in [0.4, 0.5) is 5.82 Å². The summed E-state index contributed by atoms with van der Waals surface area (Å²) >= 11 is 8.00. The summed E-state index contributed by atoms with van der Waals surface area (Å²) in [4.78, 5) is 8.14. The van der Waals surface area contributed by atoms with Crippen molar-refractivity contribution in [3.8, 4) is 0 Å². The maximum atomic E-state index is 5.77. The van der Waals surface area contributed by atoms with Gasteiger partial charge in [-0.3, -0.25) is 0 Å². The molecular formula is C10H13ClIN3. The standard InChI is InChI=1S/C10H13ClIN3/c11-10-13-6-8(12)9(15-10)14-7-4-2-1-3-5-7/h6-7H,1-5H2,(H,13,14,15). The van der Waals surface area contributed by atoms with Gasteiger partial charge in [-0.2, -0.15) is 4.98 Å². The zero-order valence-electron chi connectivity index (χ0n) is 8.34. The minimum absolute atomic E-state index is 0.314. The summed E-state index contributed by atoms with van der Waals surface area (Å²) in [5, 5.41) is 3.76. The third kappa shape index (κ3) is 3.17. The third-order valence-electron chi connectivity index (χ3n) is 2.66. The second-order valence-corrected chi connectivity index (χ2v) is 5.32. The number of anilines is 1. The van der Waals surface area contributed by atoms with Crippen LogP contribution in [0.25, 0.3) is 0 Å². The van der Waals surface area contributed by atoms with Crippen LogP contribution in [-0.2, 0) is 0 Å². The van der Waals surface area contributed by atoms with Crippen molar-refractivity contribution in [2.45, 2.75) is 38.1 Å². The summed E-state index contributed by atoms with van der Waals surface area (Å²) in [6.45, 7) is 0. The van der Waals surface area contributed by atoms with E-state index in [-0.39, 0.29) is 0 Å². The monoisotopic (exact) mass is 337 g/mol. The Hall–Kier alpha value is -0.100. The molecule has 2 rings (SSSR count). The molecule has 0 unspecified atom stereocenters. The van der Waals surface area contributed by atoms with Crippen molar-refractivity contribution in [1.82, 2.24) is 9.97 Å². The van der Waals surface area contributed by atoms with Crippen LogP contribution in [0, 0.1) is 3.57 Å². The number of nitrogens with one attached hydrogen (secondary N) is 1. The summed E-state index contributed by atoms with van der Waals surface area (Å²) < 4.78 is 1.03. The van der Waals surface area contributed by atoms with Crippen LogP contribution in [0.3, 0.4) is 0 Å². The van der Waals surface area contributed by atoms with Gasteiger partial charge in [0, 0.05) is 12.2 Å². The zero-order valence-corrected chi connectivity index (χ0v) is 11.3. The molecule has 1 aliphatic carbocycles. The lowest BCUT2D eigenvalue weighted by Crippen LogP contribution is -2.23. The first kappa shape index (κ1) is 11.4. The van der Waals surface area contributed by atoms with Crippen LogP contribution in [0.15, 0.2) is 6.20 Å². The quantitative estimate of drug-likeness (QED) is 0.663. The van der Waals surface area contributed by atoms with Gasteiger partial charge in [-0.15, -0.1) is 0 Å². The van der Waals surface area contributed by atoms with Crippen LogP contribution in [0.1, 0.15) is 32.1 Å². The van der Waals surface area contributed by atoms with E-state index in [1.165, 1.54) is 32.1 Å². The Kier molecular flexibility index (Phi) is 4.02. The molecule has 1 aromatic rings. The van der Waals surface area contributed by atoms with E-state index in [2.05, 4.69) is 37.9 Å². The maximum absolute atomic E-state index is 5.77. The van der Waals surface area contributed by atoms with Gasteiger partial charge in [0.1, 0.15) is 5.82 Å². The Balaban J connectivity index is 2.05. The van der Waals surface area contributed by atoms with Crippen LogP contribution < -0.4 is 5.32 Å². The molecule has 0 aliphatic heterocycles. The fourth-order valence-corrected chi connectivity index (χ4v) is 2.44. The molecule has 3 nitrogen and oxygen atoms in total. The van der Waals surface area contributed by atoms with Gasteiger partial charge < -0.3 is 5.32 Å². The highest BCUT2D eigenvalue weighted by Gasteiger charge is 2.15. The summed E-state index contributed by atoms with van der Waals surface area (Å²) in [6, 6.07) is 0.554. The first-order valence-electron chi connectivity index (χ1n) is 5.20. The molecule has 1 fully saturated rings. The number of aromatic nitrogens is 2. The van der Waals surface area contributed by atoms with E-state index in [1.807, 2.05) is 0 Å². The summed E-state index contributed by atoms with van der Waals surface area (Å²) in [5.41, 5.74) is 0. The topological polar surface area (TPSA) is 37.8 Å². The Morgan fingerprint density at radius 1 is 1.33 bits per heavy atom. The summed E-state index contributed by atoms with van der Waals surface area (Å²) in [7, 11) is 0. The van der Waals surface area contributed by atoms with Crippen molar-refractivity contribution in [2.24, 2.45) is 0 Å². The number of hydrogen-bond acceptors (Lipinski definition) is 3. The van der Waals surface area contributed by atoms with Gasteiger partial charge in [-0.1, -0.05) is 19.3 Å². The van der Waals surface area contributed by atoms with E-state index in [4.69, 9.17) is 11.6 Å².